The lowest BCUT2D eigenvalue weighted by atomic mass is 9.80. The minimum atomic E-state index is -1.78. The number of nitrogens with zero attached hydrogens (tertiary/aromatic N) is 1. The van der Waals surface area contributed by atoms with E-state index in [1.165, 1.54) is 6.20 Å². The first kappa shape index (κ1) is 63.4. The molecule has 1 aromatic heterocycles. The van der Waals surface area contributed by atoms with Gasteiger partial charge in [0.25, 0.3) is 5.56 Å². The summed E-state index contributed by atoms with van der Waals surface area (Å²) in [6.07, 6.45) is -7.53. The molecule has 0 radical (unpaired) electrons. The van der Waals surface area contributed by atoms with Crippen LogP contribution in [0, 0.1) is 0 Å². The van der Waals surface area contributed by atoms with E-state index in [0.717, 1.165) is 55.1 Å². The van der Waals surface area contributed by atoms with Gasteiger partial charge in [-0.2, -0.15) is 0 Å². The van der Waals surface area contributed by atoms with Crippen molar-refractivity contribution in [2.45, 2.75) is 66.9 Å². The van der Waals surface area contributed by atoms with Crippen molar-refractivity contribution in [2.24, 2.45) is 0 Å². The van der Waals surface area contributed by atoms with Gasteiger partial charge in [0.15, 0.2) is 18.4 Å². The fourth-order valence-corrected chi connectivity index (χ4v) is 13.3. The summed E-state index contributed by atoms with van der Waals surface area (Å²) in [6.45, 7) is -0.621. The van der Waals surface area contributed by atoms with Gasteiger partial charge in [-0.25, -0.2) is 24.0 Å². The predicted octanol–water partition coefficient (Wildman–Crippen LogP) is 11.6. The smallest absolute Gasteiger partial charge is 0.407 e. The third kappa shape index (κ3) is 13.3. The van der Waals surface area contributed by atoms with E-state index in [2.05, 4.69) is 15.6 Å². The number of esters is 2. The number of aromatic amines is 1. The molecule has 484 valence electrons. The summed E-state index contributed by atoms with van der Waals surface area (Å²) in [6, 6.07) is 71.7. The number of methoxy groups -OCH3 is 2. The summed E-state index contributed by atoms with van der Waals surface area (Å²) < 4.78 is 52.0. The van der Waals surface area contributed by atoms with E-state index in [0.29, 0.717) is 39.3 Å². The molecule has 18 nitrogen and oxygen atoms in total. The number of amides is 2. The Labute approximate surface area is 553 Å². The first-order valence-corrected chi connectivity index (χ1v) is 31.6. The predicted molar refractivity (Wildman–Crippen MR) is 358 cm³/mol. The zero-order valence-corrected chi connectivity index (χ0v) is 52.5. The minimum Gasteiger partial charge on any atom is -0.497 e. The van der Waals surface area contributed by atoms with Crippen molar-refractivity contribution in [3.8, 4) is 33.8 Å². The number of nitrogens with one attached hydrogen (secondary N) is 3. The van der Waals surface area contributed by atoms with Crippen LogP contribution in [-0.2, 0) is 56.5 Å². The molecule has 96 heavy (non-hydrogen) atoms. The van der Waals surface area contributed by atoms with Gasteiger partial charge >= 0.3 is 29.8 Å². The van der Waals surface area contributed by atoms with Gasteiger partial charge in [-0.05, 0) is 96.6 Å². The molecule has 0 spiro atoms. The second kappa shape index (κ2) is 28.5. The van der Waals surface area contributed by atoms with E-state index in [1.54, 1.807) is 87.0 Å². The molecule has 2 amide bonds. The van der Waals surface area contributed by atoms with Crippen molar-refractivity contribution in [3.05, 3.63) is 320 Å². The van der Waals surface area contributed by atoms with E-state index in [4.69, 9.17) is 37.9 Å². The number of carbonyl (C=O) groups excluding carboxylic acids is 4. The molecular weight excluding hydrogens is 1220 g/mol. The molecule has 0 unspecified atom stereocenters. The van der Waals surface area contributed by atoms with Crippen molar-refractivity contribution in [3.63, 3.8) is 0 Å². The molecule has 3 N–H and O–H groups in total. The molecule has 18 heteroatoms. The summed E-state index contributed by atoms with van der Waals surface area (Å²) in [5.74, 6) is -1.56. The molecule has 6 atom stereocenters. The molecule has 3 aliphatic rings. The van der Waals surface area contributed by atoms with Crippen molar-refractivity contribution in [1.82, 2.24) is 20.2 Å². The van der Waals surface area contributed by atoms with Gasteiger partial charge in [-0.15, -0.1) is 0 Å². The molecule has 1 saturated heterocycles. The van der Waals surface area contributed by atoms with Gasteiger partial charge in [-0.1, -0.05) is 212 Å². The zero-order valence-electron chi connectivity index (χ0n) is 52.5. The molecule has 10 aromatic rings. The highest BCUT2D eigenvalue weighted by Crippen LogP contribution is 2.47. The molecule has 1 fully saturated rings. The van der Waals surface area contributed by atoms with Crippen molar-refractivity contribution in [2.75, 3.05) is 34.0 Å². The topological polar surface area (TPSA) is 221 Å². The second-order valence-corrected chi connectivity index (χ2v) is 23.6. The second-order valence-electron chi connectivity index (χ2n) is 23.6. The SMILES string of the molecule is COc1ccc(C(OC[C@H]2O[C@@H](n3ccc(=O)[nH]c3=O)[C@H](OC(=O)[C@H](Cc3ccccc3)NC(=O)OCC3c4ccccc4-c4ccccc43)[C@@H]2OC(=O)[C@H](Cc2ccccc2)NC(=O)OCC2c3ccccc3-c3ccccc32)(c2ccccc2)c2ccc(OC)cc2)cc1. The Morgan fingerprint density at radius 1 is 0.469 bits per heavy atom. The monoisotopic (exact) mass is 1280 g/mol. The van der Waals surface area contributed by atoms with Gasteiger partial charge in [0.1, 0.15) is 48.5 Å². The number of rotatable bonds is 23. The van der Waals surface area contributed by atoms with Crippen LogP contribution < -0.4 is 31.4 Å². The number of hydrogen-bond acceptors (Lipinski definition) is 14. The number of hydrogen-bond donors (Lipinski definition) is 3. The maximum absolute atomic E-state index is 15.7. The summed E-state index contributed by atoms with van der Waals surface area (Å²) in [7, 11) is 3.12. The van der Waals surface area contributed by atoms with E-state index in [9.17, 15) is 19.2 Å². The summed E-state index contributed by atoms with van der Waals surface area (Å²) >= 11 is 0. The number of fused-ring (bicyclic) bond motifs is 6. The van der Waals surface area contributed by atoms with Crippen LogP contribution in [0.3, 0.4) is 0 Å². The zero-order chi connectivity index (χ0) is 66.1. The van der Waals surface area contributed by atoms with Gasteiger partial charge in [-0.3, -0.25) is 14.3 Å². The largest absolute Gasteiger partial charge is 0.497 e. The Kier molecular flexibility index (Phi) is 18.8. The highest BCUT2D eigenvalue weighted by molar-refractivity contribution is 5.84. The summed E-state index contributed by atoms with van der Waals surface area (Å²) in [5, 5.41) is 5.57. The van der Waals surface area contributed by atoms with E-state index < -0.39 is 84.2 Å². The van der Waals surface area contributed by atoms with E-state index in [-0.39, 0.29) is 37.9 Å². The lowest BCUT2D eigenvalue weighted by Crippen LogP contribution is -2.51. The van der Waals surface area contributed by atoms with Crippen LogP contribution in [0.15, 0.2) is 258 Å². The molecular formula is C78H68N4O14. The number of ether oxygens (including phenoxy) is 8. The molecule has 9 aromatic carbocycles. The number of aromatic nitrogens is 2. The molecule has 13 rings (SSSR count). The molecule has 2 heterocycles. The third-order valence-corrected chi connectivity index (χ3v) is 18.0. The highest BCUT2D eigenvalue weighted by atomic mass is 16.7. The maximum atomic E-state index is 15.7. The van der Waals surface area contributed by atoms with Crippen molar-refractivity contribution in [1.29, 1.82) is 0 Å². The fourth-order valence-electron chi connectivity index (χ4n) is 13.3. The van der Waals surface area contributed by atoms with Gasteiger partial charge in [0.05, 0.1) is 20.8 Å². The fraction of sp³-hybridized carbons (Fsp3) is 0.205. The number of H-pyrrole nitrogens is 1. The average molecular weight is 1290 g/mol. The van der Waals surface area contributed by atoms with Crippen LogP contribution >= 0.6 is 0 Å². The molecule has 0 saturated carbocycles. The first-order chi connectivity index (χ1) is 47.0. The van der Waals surface area contributed by atoms with Crippen LogP contribution in [0.4, 0.5) is 9.59 Å². The van der Waals surface area contributed by atoms with E-state index in [1.807, 2.05) is 164 Å². The molecule has 1 aliphatic heterocycles. The Bertz CT molecular complexity index is 4390. The van der Waals surface area contributed by atoms with Crippen LogP contribution in [0.1, 0.15) is 68.1 Å². The average Bonchev–Trinajstić information content (AvgIpc) is 0.930. The minimum absolute atomic E-state index is 0.0732. The number of alkyl carbamates (subject to hydrolysis) is 2. The standard InChI is InChI=1S/C78H68N4O14/c1-89-54-38-34-52(35-39-54)78(51-24-10-5-11-25-51,53-36-40-55(90-2)41-37-53)93-48-68-70(95-73(84)66(44-49-20-6-3-7-21-49)79-76(87)91-46-64-60-30-16-12-26-56(60)57-27-13-17-31-61(57)64)71(72(94-68)82-43-42-69(83)81-75(82)86)96-74(85)67(45-50-22-8-4-9-23-50)80-77(88)92-47-65-62-32-18-14-28-58(62)59-29-15-19-33-63(59)65/h3-43,64-68,70-72H,44-48H2,1-2H3,(H,79,87)(H,80,88)(H,81,83,86)/t66-,67-,68+,70+,71+,72+/m0/s1. The van der Waals surface area contributed by atoms with Crippen molar-refractivity contribution >= 4 is 24.1 Å². The van der Waals surface area contributed by atoms with Crippen LogP contribution in [-0.4, -0.2) is 98.1 Å². The highest BCUT2D eigenvalue weighted by Gasteiger charge is 2.54. The van der Waals surface area contributed by atoms with E-state index >= 15 is 9.59 Å². The van der Waals surface area contributed by atoms with Gasteiger partial charge in [0.2, 0.25) is 0 Å². The number of benzene rings is 9. The quantitative estimate of drug-likeness (QED) is 0.0308. The number of carbonyl (C=O) groups is 4. The lowest BCUT2D eigenvalue weighted by Gasteiger charge is -2.37. The Balaban J connectivity index is 0.875. The Hall–Kier alpha value is -11.3. The Morgan fingerprint density at radius 3 is 1.27 bits per heavy atom. The summed E-state index contributed by atoms with van der Waals surface area (Å²) in [5.41, 5.74) is 7.96. The van der Waals surface area contributed by atoms with Crippen molar-refractivity contribution < 1.29 is 57.1 Å². The van der Waals surface area contributed by atoms with Crippen LogP contribution in [0.2, 0.25) is 0 Å². The van der Waals surface area contributed by atoms with Gasteiger partial charge in [0, 0.05) is 36.9 Å². The van der Waals surface area contributed by atoms with Crippen LogP contribution in [0.25, 0.3) is 22.3 Å². The first-order valence-electron chi connectivity index (χ1n) is 31.6. The summed E-state index contributed by atoms with van der Waals surface area (Å²) in [4.78, 5) is 89.3. The normalized spacial score (nSPS) is 16.7. The van der Waals surface area contributed by atoms with Crippen LogP contribution in [0.5, 0.6) is 11.5 Å². The van der Waals surface area contributed by atoms with Gasteiger partial charge < -0.3 is 48.5 Å². The molecule has 2 aliphatic carbocycles. The lowest BCUT2D eigenvalue weighted by molar-refractivity contribution is -0.171. The third-order valence-electron chi connectivity index (χ3n) is 18.0. The Morgan fingerprint density at radius 2 is 0.854 bits per heavy atom. The molecule has 0 bridgehead atoms. The maximum Gasteiger partial charge on any atom is 0.407 e.